The Morgan fingerprint density at radius 3 is 2.75 bits per heavy atom. The maximum Gasteiger partial charge on any atom is 0.325 e. The number of thiazole rings is 1. The number of rotatable bonds is 6. The molecule has 0 radical (unpaired) electrons. The molecule has 0 atom stereocenters. The number of hydrogen-bond acceptors (Lipinski definition) is 5. The largest absolute Gasteiger partial charge is 0.370 e. The molecule has 1 aliphatic heterocycles. The molecule has 0 aliphatic carbocycles. The first-order chi connectivity index (χ1) is 13.5. The van der Waals surface area contributed by atoms with E-state index >= 15 is 0 Å². The fourth-order valence-corrected chi connectivity index (χ4v) is 3.99. The van der Waals surface area contributed by atoms with E-state index in [1.165, 1.54) is 36.2 Å². The molecule has 2 aromatic rings. The predicted molar refractivity (Wildman–Crippen MR) is 113 cm³/mol. The Kier molecular flexibility index (Phi) is 6.70. The van der Waals surface area contributed by atoms with Gasteiger partial charge in [-0.3, -0.25) is 5.32 Å². The van der Waals surface area contributed by atoms with Crippen molar-refractivity contribution < 1.29 is 9.59 Å². The van der Waals surface area contributed by atoms with Crippen LogP contribution in [0.3, 0.4) is 0 Å². The maximum absolute atomic E-state index is 12.5. The predicted octanol–water partition coefficient (Wildman–Crippen LogP) is 3.30. The van der Waals surface area contributed by atoms with Crippen LogP contribution in [0, 0.1) is 6.92 Å². The molecular weight excluding hydrogens is 376 g/mol. The number of aromatic nitrogens is 1. The standard InChI is InChI=1S/C19H26N6O2S/c1-13-5-6-15(16(11-13)25-9-3-2-4-10-25)23-18(27)24-19-22-12-14(28-19)7-8-21-17(20)26/h5-6,11-12H,2-4,7-10H2,1H3,(H3,20,21,26)(H2,22,23,24,27). The number of urea groups is 2. The molecular formula is C19H26N6O2S. The second-order valence-electron chi connectivity index (χ2n) is 6.82. The second kappa shape index (κ2) is 9.41. The van der Waals surface area contributed by atoms with Gasteiger partial charge in [0.2, 0.25) is 0 Å². The van der Waals surface area contributed by atoms with Gasteiger partial charge in [-0.25, -0.2) is 14.6 Å². The Bertz CT molecular complexity index is 832. The number of nitrogens with one attached hydrogen (secondary N) is 3. The number of primary amides is 1. The minimum Gasteiger partial charge on any atom is -0.370 e. The van der Waals surface area contributed by atoms with Gasteiger partial charge >= 0.3 is 12.1 Å². The van der Waals surface area contributed by atoms with Gasteiger partial charge in [0.1, 0.15) is 0 Å². The van der Waals surface area contributed by atoms with Gasteiger partial charge in [0.25, 0.3) is 0 Å². The van der Waals surface area contributed by atoms with Crippen LogP contribution in [0.2, 0.25) is 0 Å². The zero-order valence-electron chi connectivity index (χ0n) is 16.0. The van der Waals surface area contributed by atoms with E-state index in [9.17, 15) is 9.59 Å². The van der Waals surface area contributed by atoms with E-state index in [2.05, 4.69) is 38.8 Å². The third-order valence-electron chi connectivity index (χ3n) is 4.54. The van der Waals surface area contributed by atoms with E-state index < -0.39 is 6.03 Å². The monoisotopic (exact) mass is 402 g/mol. The fraction of sp³-hybridized carbons (Fsp3) is 0.421. The second-order valence-corrected chi connectivity index (χ2v) is 7.94. The van der Waals surface area contributed by atoms with Gasteiger partial charge in [-0.05, 0) is 43.9 Å². The molecule has 3 rings (SSSR count). The first-order valence-electron chi connectivity index (χ1n) is 9.43. The number of aryl methyl sites for hydroxylation is 1. The minimum absolute atomic E-state index is 0.321. The van der Waals surface area contributed by atoms with Crippen molar-refractivity contribution in [2.24, 2.45) is 5.73 Å². The number of anilines is 3. The van der Waals surface area contributed by atoms with Crippen molar-refractivity contribution in [3.05, 3.63) is 34.8 Å². The van der Waals surface area contributed by atoms with Crippen molar-refractivity contribution in [1.29, 1.82) is 0 Å². The Morgan fingerprint density at radius 2 is 2.00 bits per heavy atom. The molecule has 150 valence electrons. The summed E-state index contributed by atoms with van der Waals surface area (Å²) in [5, 5.41) is 8.78. The van der Waals surface area contributed by atoms with Gasteiger partial charge < -0.3 is 21.3 Å². The zero-order valence-corrected chi connectivity index (χ0v) is 16.8. The Balaban J connectivity index is 1.60. The molecule has 0 spiro atoms. The number of carbonyl (C=O) groups is 2. The van der Waals surface area contributed by atoms with Crippen LogP contribution in [0.5, 0.6) is 0 Å². The van der Waals surface area contributed by atoms with Crippen molar-refractivity contribution in [3.63, 3.8) is 0 Å². The fourth-order valence-electron chi connectivity index (χ4n) is 3.18. The van der Waals surface area contributed by atoms with Gasteiger partial charge in [0, 0.05) is 37.1 Å². The third kappa shape index (κ3) is 5.59. The van der Waals surface area contributed by atoms with Crippen LogP contribution < -0.4 is 26.6 Å². The summed E-state index contributed by atoms with van der Waals surface area (Å²) in [7, 11) is 0. The van der Waals surface area contributed by atoms with Gasteiger partial charge in [-0.1, -0.05) is 6.07 Å². The van der Waals surface area contributed by atoms with Gasteiger partial charge in [-0.15, -0.1) is 11.3 Å². The normalized spacial score (nSPS) is 13.8. The SMILES string of the molecule is Cc1ccc(NC(=O)Nc2ncc(CCNC(N)=O)s2)c(N2CCCCC2)c1. The summed E-state index contributed by atoms with van der Waals surface area (Å²) in [6.45, 7) is 4.51. The lowest BCUT2D eigenvalue weighted by atomic mass is 10.1. The van der Waals surface area contributed by atoms with Crippen LogP contribution in [-0.2, 0) is 6.42 Å². The quantitative estimate of drug-likeness (QED) is 0.594. The number of nitrogens with zero attached hydrogens (tertiary/aromatic N) is 2. The lowest BCUT2D eigenvalue weighted by Crippen LogP contribution is -2.31. The number of hydrogen-bond donors (Lipinski definition) is 4. The summed E-state index contributed by atoms with van der Waals surface area (Å²) < 4.78 is 0. The molecule has 9 heteroatoms. The highest BCUT2D eigenvalue weighted by Gasteiger charge is 2.16. The van der Waals surface area contributed by atoms with Gasteiger partial charge in [-0.2, -0.15) is 0 Å². The molecule has 0 unspecified atom stereocenters. The molecule has 8 nitrogen and oxygen atoms in total. The van der Waals surface area contributed by atoms with Crippen molar-refractivity contribution in [3.8, 4) is 0 Å². The summed E-state index contributed by atoms with van der Waals surface area (Å²) in [4.78, 5) is 30.7. The Labute approximate surface area is 168 Å². The molecule has 5 N–H and O–H groups in total. The molecule has 1 fully saturated rings. The maximum atomic E-state index is 12.5. The van der Waals surface area contributed by atoms with Crippen LogP contribution >= 0.6 is 11.3 Å². The lowest BCUT2D eigenvalue weighted by molar-refractivity contribution is 0.249. The molecule has 1 aromatic carbocycles. The highest BCUT2D eigenvalue weighted by molar-refractivity contribution is 7.15. The molecule has 0 saturated carbocycles. The van der Waals surface area contributed by atoms with E-state index in [-0.39, 0.29) is 6.03 Å². The third-order valence-corrected chi connectivity index (χ3v) is 5.52. The Hall–Kier alpha value is -2.81. The summed E-state index contributed by atoms with van der Waals surface area (Å²) >= 11 is 1.37. The van der Waals surface area contributed by atoms with Crippen LogP contribution in [0.25, 0.3) is 0 Å². The number of piperidine rings is 1. The number of carbonyl (C=O) groups excluding carboxylic acids is 2. The average molecular weight is 403 g/mol. The average Bonchev–Trinajstić information content (AvgIpc) is 3.10. The number of nitrogens with two attached hydrogens (primary N) is 1. The van der Waals surface area contributed by atoms with Crippen molar-refractivity contribution in [2.75, 3.05) is 35.2 Å². The lowest BCUT2D eigenvalue weighted by Gasteiger charge is -2.30. The summed E-state index contributed by atoms with van der Waals surface area (Å²) in [6, 6.07) is 5.19. The van der Waals surface area contributed by atoms with E-state index in [0.717, 1.165) is 29.3 Å². The van der Waals surface area contributed by atoms with E-state index in [1.807, 2.05) is 12.1 Å². The van der Waals surface area contributed by atoms with Gasteiger partial charge in [0.05, 0.1) is 11.4 Å². The number of amides is 4. The molecule has 1 aliphatic rings. The van der Waals surface area contributed by atoms with Crippen molar-refractivity contribution in [2.45, 2.75) is 32.6 Å². The van der Waals surface area contributed by atoms with Crippen molar-refractivity contribution in [1.82, 2.24) is 10.3 Å². The summed E-state index contributed by atoms with van der Waals surface area (Å²) in [5.41, 5.74) is 8.07. The number of benzene rings is 1. The van der Waals surface area contributed by atoms with Crippen molar-refractivity contribution >= 4 is 39.9 Å². The van der Waals surface area contributed by atoms with E-state index in [1.54, 1.807) is 6.20 Å². The van der Waals surface area contributed by atoms with Crippen LogP contribution in [0.4, 0.5) is 26.1 Å². The van der Waals surface area contributed by atoms with Gasteiger partial charge in [0.15, 0.2) is 5.13 Å². The highest BCUT2D eigenvalue weighted by atomic mass is 32.1. The summed E-state index contributed by atoms with van der Waals surface area (Å²) in [6.07, 6.45) is 5.90. The molecule has 1 saturated heterocycles. The first-order valence-corrected chi connectivity index (χ1v) is 10.2. The van der Waals surface area contributed by atoms with E-state index in [4.69, 9.17) is 5.73 Å². The smallest absolute Gasteiger partial charge is 0.325 e. The molecule has 4 amide bonds. The van der Waals surface area contributed by atoms with Crippen LogP contribution in [0.1, 0.15) is 29.7 Å². The van der Waals surface area contributed by atoms with E-state index in [0.29, 0.717) is 18.1 Å². The van der Waals surface area contributed by atoms with Crippen LogP contribution in [0.15, 0.2) is 24.4 Å². The molecule has 0 bridgehead atoms. The topological polar surface area (TPSA) is 112 Å². The molecule has 28 heavy (non-hydrogen) atoms. The first kappa shape index (κ1) is 19.9. The zero-order chi connectivity index (χ0) is 19.9. The summed E-state index contributed by atoms with van der Waals surface area (Å²) in [5.74, 6) is 0. The minimum atomic E-state index is -0.551. The molecule has 1 aromatic heterocycles. The highest BCUT2D eigenvalue weighted by Crippen LogP contribution is 2.30. The Morgan fingerprint density at radius 1 is 1.21 bits per heavy atom. The molecule has 2 heterocycles. The van der Waals surface area contributed by atoms with Crippen LogP contribution in [-0.4, -0.2) is 36.7 Å².